The molecule has 0 radical (unpaired) electrons. The largest absolute Gasteiger partial charge is 0.442 e. The van der Waals surface area contributed by atoms with Gasteiger partial charge in [0.05, 0.1) is 38.1 Å². The number of ether oxygens (including phenoxy) is 1. The highest BCUT2D eigenvalue weighted by Crippen LogP contribution is 2.31. The molecule has 14 heteroatoms. The number of nitrogens with one attached hydrogen (secondary N) is 1. The van der Waals surface area contributed by atoms with Crippen molar-refractivity contribution in [3.8, 4) is 0 Å². The van der Waals surface area contributed by atoms with Crippen molar-refractivity contribution in [1.82, 2.24) is 25.4 Å². The Kier molecular flexibility index (Phi) is 6.86. The van der Waals surface area contributed by atoms with E-state index in [9.17, 15) is 14.4 Å². The van der Waals surface area contributed by atoms with Crippen LogP contribution in [0.3, 0.4) is 0 Å². The van der Waals surface area contributed by atoms with E-state index in [-0.39, 0.29) is 69.1 Å². The number of amides is 3. The molecule has 3 amide bonds. The molecule has 182 valence electrons. The second-order valence-electron chi connectivity index (χ2n) is 7.73. The van der Waals surface area contributed by atoms with E-state index in [0.29, 0.717) is 0 Å². The smallest absolute Gasteiger partial charge is 0.414 e. The Hall–Kier alpha value is -3.81. The van der Waals surface area contributed by atoms with Gasteiger partial charge in [-0.05, 0) is 0 Å². The van der Waals surface area contributed by atoms with Crippen LogP contribution >= 0.6 is 0 Å². The second-order valence-corrected chi connectivity index (χ2v) is 7.73. The summed E-state index contributed by atoms with van der Waals surface area (Å²) in [5.41, 5.74) is -0.273. The highest BCUT2D eigenvalue weighted by molar-refractivity contribution is 5.90. The molecule has 1 atom stereocenters. The first kappa shape index (κ1) is 23.4. The third-order valence-corrected chi connectivity index (χ3v) is 5.31. The molecule has 2 aliphatic heterocycles. The van der Waals surface area contributed by atoms with Crippen LogP contribution in [0.25, 0.3) is 0 Å². The number of halogens is 2. The molecule has 2 aliphatic rings. The van der Waals surface area contributed by atoms with E-state index in [4.69, 9.17) is 9.57 Å². The standard InChI is InChI=1S/C20H23F2N7O5/c1-13(30)23-10-15-11-28(20(32)34-15)14-8-16(21)19(17(22)9-14)26-4-5-29(33-7-6-26)18(31)12-27-3-2-24-25-27/h2-3,8-9,15H,4-7,10-12H2,1H3,(H,23,30)/t15-/m0/s1. The molecule has 1 aromatic heterocycles. The quantitative estimate of drug-likeness (QED) is 0.628. The van der Waals surface area contributed by atoms with Gasteiger partial charge in [0.2, 0.25) is 5.91 Å². The van der Waals surface area contributed by atoms with Crippen LogP contribution in [0.1, 0.15) is 6.92 Å². The van der Waals surface area contributed by atoms with Crippen molar-refractivity contribution in [1.29, 1.82) is 0 Å². The maximum absolute atomic E-state index is 15.0. The highest BCUT2D eigenvalue weighted by Gasteiger charge is 2.34. The average molecular weight is 479 g/mol. The summed E-state index contributed by atoms with van der Waals surface area (Å²) in [6.07, 6.45) is 1.59. The van der Waals surface area contributed by atoms with Gasteiger partial charge >= 0.3 is 6.09 Å². The minimum Gasteiger partial charge on any atom is -0.442 e. The summed E-state index contributed by atoms with van der Waals surface area (Å²) in [6, 6.07) is 2.11. The number of hydroxylamine groups is 2. The Balaban J connectivity index is 1.42. The number of cyclic esters (lactones) is 1. The third-order valence-electron chi connectivity index (χ3n) is 5.31. The molecule has 1 N–H and O–H groups in total. The fourth-order valence-electron chi connectivity index (χ4n) is 3.71. The topological polar surface area (TPSA) is 122 Å². The van der Waals surface area contributed by atoms with E-state index in [1.807, 2.05) is 0 Å². The van der Waals surface area contributed by atoms with Crippen molar-refractivity contribution < 1.29 is 32.7 Å². The van der Waals surface area contributed by atoms with Gasteiger partial charge in [0.25, 0.3) is 5.91 Å². The molecular formula is C20H23F2N7O5. The molecule has 2 aromatic rings. The number of carbonyl (C=O) groups excluding carboxylic acids is 3. The fourth-order valence-corrected chi connectivity index (χ4v) is 3.71. The summed E-state index contributed by atoms with van der Waals surface area (Å²) in [4.78, 5) is 43.6. The van der Waals surface area contributed by atoms with Crippen molar-refractivity contribution >= 4 is 29.3 Å². The Labute approximate surface area is 192 Å². The molecular weight excluding hydrogens is 456 g/mol. The van der Waals surface area contributed by atoms with Crippen molar-refractivity contribution in [3.05, 3.63) is 36.2 Å². The summed E-state index contributed by atoms with van der Waals surface area (Å²) >= 11 is 0. The van der Waals surface area contributed by atoms with Gasteiger partial charge in [-0.25, -0.2) is 23.3 Å². The zero-order valence-corrected chi connectivity index (χ0v) is 18.3. The van der Waals surface area contributed by atoms with Crippen LogP contribution in [0.15, 0.2) is 24.5 Å². The van der Waals surface area contributed by atoms with E-state index in [1.165, 1.54) is 28.9 Å². The summed E-state index contributed by atoms with van der Waals surface area (Å²) < 4.78 is 36.5. The summed E-state index contributed by atoms with van der Waals surface area (Å²) in [5.74, 6) is -2.38. The number of carbonyl (C=O) groups is 3. The van der Waals surface area contributed by atoms with Gasteiger partial charge in [-0.2, -0.15) is 0 Å². The lowest BCUT2D eigenvalue weighted by molar-refractivity contribution is -0.182. The van der Waals surface area contributed by atoms with Crippen molar-refractivity contribution in [2.24, 2.45) is 0 Å². The number of nitrogens with zero attached hydrogens (tertiary/aromatic N) is 6. The van der Waals surface area contributed by atoms with Crippen LogP contribution in [-0.4, -0.2) is 83.4 Å². The molecule has 34 heavy (non-hydrogen) atoms. The van der Waals surface area contributed by atoms with Gasteiger partial charge in [0.15, 0.2) is 11.6 Å². The van der Waals surface area contributed by atoms with Gasteiger partial charge in [-0.1, -0.05) is 5.21 Å². The normalized spacial score (nSPS) is 18.6. The highest BCUT2D eigenvalue weighted by atomic mass is 19.1. The van der Waals surface area contributed by atoms with Gasteiger partial charge < -0.3 is 15.0 Å². The van der Waals surface area contributed by atoms with Crippen LogP contribution in [0.4, 0.5) is 25.0 Å². The van der Waals surface area contributed by atoms with Crippen LogP contribution in [-0.2, 0) is 25.7 Å². The van der Waals surface area contributed by atoms with Gasteiger partial charge in [-0.15, -0.1) is 5.10 Å². The number of anilines is 2. The molecule has 2 saturated heterocycles. The summed E-state index contributed by atoms with van der Waals surface area (Å²) in [5, 5.41) is 11.0. The molecule has 0 aliphatic carbocycles. The van der Waals surface area contributed by atoms with E-state index in [0.717, 1.165) is 22.1 Å². The zero-order valence-electron chi connectivity index (χ0n) is 18.3. The molecule has 12 nitrogen and oxygen atoms in total. The molecule has 0 spiro atoms. The Morgan fingerprint density at radius 2 is 1.97 bits per heavy atom. The predicted octanol–water partition coefficient (Wildman–Crippen LogP) is 0.298. The number of hydrogen-bond acceptors (Lipinski definition) is 8. The van der Waals surface area contributed by atoms with Crippen LogP contribution in [0.5, 0.6) is 0 Å². The molecule has 3 heterocycles. The minimum absolute atomic E-state index is 0.00443. The van der Waals surface area contributed by atoms with Gasteiger partial charge in [0, 0.05) is 38.3 Å². The lowest BCUT2D eigenvalue weighted by atomic mass is 10.2. The SMILES string of the molecule is CC(=O)NC[C@H]1CN(c2cc(F)c(N3CCON(C(=O)Cn4ccnn4)CC3)c(F)c2)C(=O)O1. The molecule has 0 bridgehead atoms. The number of benzene rings is 1. The third kappa shape index (κ3) is 5.22. The Morgan fingerprint density at radius 1 is 1.21 bits per heavy atom. The van der Waals surface area contributed by atoms with Gasteiger partial charge in [-0.3, -0.25) is 19.3 Å². The van der Waals surface area contributed by atoms with E-state index >= 15 is 8.78 Å². The lowest BCUT2D eigenvalue weighted by Gasteiger charge is -2.24. The van der Waals surface area contributed by atoms with Crippen LogP contribution in [0.2, 0.25) is 0 Å². The van der Waals surface area contributed by atoms with Crippen molar-refractivity contribution in [2.75, 3.05) is 49.1 Å². The Morgan fingerprint density at radius 3 is 2.65 bits per heavy atom. The minimum atomic E-state index is -0.865. The zero-order chi connectivity index (χ0) is 24.2. The summed E-state index contributed by atoms with van der Waals surface area (Å²) in [7, 11) is 0. The van der Waals surface area contributed by atoms with E-state index < -0.39 is 23.8 Å². The van der Waals surface area contributed by atoms with Gasteiger partial charge in [0.1, 0.15) is 18.3 Å². The maximum atomic E-state index is 15.0. The first-order valence-electron chi connectivity index (χ1n) is 10.6. The number of hydrogen-bond donors (Lipinski definition) is 1. The fraction of sp³-hybridized carbons (Fsp3) is 0.450. The maximum Gasteiger partial charge on any atom is 0.414 e. The number of rotatable bonds is 6. The molecule has 2 fully saturated rings. The monoisotopic (exact) mass is 479 g/mol. The van der Waals surface area contributed by atoms with E-state index in [1.54, 1.807) is 0 Å². The molecule has 0 saturated carbocycles. The summed E-state index contributed by atoms with van der Waals surface area (Å²) in [6.45, 7) is 1.78. The van der Waals surface area contributed by atoms with Crippen molar-refractivity contribution in [3.63, 3.8) is 0 Å². The van der Waals surface area contributed by atoms with Crippen molar-refractivity contribution in [2.45, 2.75) is 19.6 Å². The average Bonchev–Trinajstić information content (AvgIpc) is 3.35. The lowest BCUT2D eigenvalue weighted by Crippen LogP contribution is -2.37. The molecule has 1 aromatic carbocycles. The molecule has 0 unspecified atom stereocenters. The predicted molar refractivity (Wildman–Crippen MR) is 113 cm³/mol. The number of aromatic nitrogens is 3. The Bertz CT molecular complexity index is 1040. The first-order valence-corrected chi connectivity index (χ1v) is 10.6. The van der Waals surface area contributed by atoms with E-state index in [2.05, 4.69) is 15.6 Å². The second kappa shape index (κ2) is 9.99. The van der Waals surface area contributed by atoms with Crippen LogP contribution < -0.4 is 15.1 Å². The van der Waals surface area contributed by atoms with Crippen LogP contribution in [0, 0.1) is 11.6 Å². The first-order chi connectivity index (χ1) is 16.3. The molecule has 4 rings (SSSR count).